The molecule has 0 amide bonds. The van der Waals surface area contributed by atoms with E-state index in [1.807, 2.05) is 0 Å². The third-order valence-electron chi connectivity index (χ3n) is 3.74. The number of nitrogens with one attached hydrogen (secondary N) is 1. The highest BCUT2D eigenvalue weighted by Gasteiger charge is 2.18. The van der Waals surface area contributed by atoms with E-state index in [0.717, 1.165) is 60.3 Å². The van der Waals surface area contributed by atoms with E-state index in [9.17, 15) is 13.6 Å². The lowest BCUT2D eigenvalue weighted by Crippen LogP contribution is -2.28. The van der Waals surface area contributed by atoms with Crippen LogP contribution in [-0.2, 0) is 6.54 Å². The minimum absolute atomic E-state index is 0.125. The molecule has 0 unspecified atom stereocenters. The number of benzene rings is 1. The smallest absolute Gasteiger partial charge is 0.305 e. The van der Waals surface area contributed by atoms with Crippen LogP contribution >= 0.6 is 11.3 Å². The monoisotopic (exact) mass is 310 g/mol. The Kier molecular flexibility index (Phi) is 4.17. The van der Waals surface area contributed by atoms with Crippen LogP contribution in [0.4, 0.5) is 8.78 Å². The molecule has 1 saturated heterocycles. The summed E-state index contributed by atoms with van der Waals surface area (Å²) in [5.41, 5.74) is 0.535. The normalized spacial score (nSPS) is 16.3. The Labute approximate surface area is 125 Å². The molecular formula is C15H16F2N2OS. The summed E-state index contributed by atoms with van der Waals surface area (Å²) in [6, 6.07) is 3.30. The second kappa shape index (κ2) is 6.07. The van der Waals surface area contributed by atoms with Gasteiger partial charge in [0.1, 0.15) is 11.6 Å². The summed E-state index contributed by atoms with van der Waals surface area (Å²) in [5.74, 6) is -1.03. The van der Waals surface area contributed by atoms with Crippen LogP contribution in [0, 0.1) is 11.6 Å². The van der Waals surface area contributed by atoms with Crippen LogP contribution in [0.1, 0.15) is 24.1 Å². The zero-order valence-electron chi connectivity index (χ0n) is 11.5. The van der Waals surface area contributed by atoms with Crippen LogP contribution in [0.25, 0.3) is 11.3 Å². The Morgan fingerprint density at radius 2 is 1.95 bits per heavy atom. The zero-order valence-corrected chi connectivity index (χ0v) is 12.3. The molecule has 0 spiro atoms. The molecule has 0 aliphatic carbocycles. The van der Waals surface area contributed by atoms with Crippen molar-refractivity contribution in [3.63, 3.8) is 0 Å². The minimum atomic E-state index is -0.523. The molecule has 1 aromatic heterocycles. The van der Waals surface area contributed by atoms with Crippen LogP contribution in [0.3, 0.4) is 0 Å². The van der Waals surface area contributed by atoms with Gasteiger partial charge in [0.2, 0.25) is 0 Å². The molecule has 0 radical (unpaired) electrons. The van der Waals surface area contributed by atoms with E-state index in [0.29, 0.717) is 12.2 Å². The average Bonchev–Trinajstić information content (AvgIpc) is 2.83. The van der Waals surface area contributed by atoms with E-state index in [-0.39, 0.29) is 10.4 Å². The van der Waals surface area contributed by atoms with Crippen molar-refractivity contribution in [3.05, 3.63) is 44.4 Å². The summed E-state index contributed by atoms with van der Waals surface area (Å²) in [4.78, 5) is 17.1. The summed E-state index contributed by atoms with van der Waals surface area (Å²) in [6.45, 7) is 2.57. The number of halogens is 2. The van der Waals surface area contributed by atoms with Crippen molar-refractivity contribution in [2.75, 3.05) is 13.1 Å². The van der Waals surface area contributed by atoms with E-state index in [1.54, 1.807) is 0 Å². The molecule has 2 heterocycles. The maximum Gasteiger partial charge on any atom is 0.305 e. The fraction of sp³-hybridized carbons (Fsp3) is 0.400. The Bertz CT molecular complexity index is 689. The summed E-state index contributed by atoms with van der Waals surface area (Å²) >= 11 is 1.08. The fourth-order valence-electron chi connectivity index (χ4n) is 2.70. The molecule has 0 atom stereocenters. The molecule has 0 saturated carbocycles. The van der Waals surface area contributed by atoms with Gasteiger partial charge in [-0.25, -0.2) is 8.78 Å². The van der Waals surface area contributed by atoms with Gasteiger partial charge >= 0.3 is 4.87 Å². The first-order valence-electron chi connectivity index (χ1n) is 7.03. The first-order valence-corrected chi connectivity index (χ1v) is 7.85. The fourth-order valence-corrected chi connectivity index (χ4v) is 3.59. The molecule has 1 aliphatic rings. The van der Waals surface area contributed by atoms with E-state index in [4.69, 9.17) is 0 Å². The van der Waals surface area contributed by atoms with Crippen molar-refractivity contribution in [1.82, 2.24) is 9.88 Å². The molecule has 1 aliphatic heterocycles. The highest BCUT2D eigenvalue weighted by molar-refractivity contribution is 7.09. The third kappa shape index (κ3) is 3.22. The third-order valence-corrected chi connectivity index (χ3v) is 4.60. The predicted molar refractivity (Wildman–Crippen MR) is 79.4 cm³/mol. The predicted octanol–water partition coefficient (Wildman–Crippen LogP) is 3.37. The number of H-pyrrole nitrogens is 1. The molecular weight excluding hydrogens is 294 g/mol. The highest BCUT2D eigenvalue weighted by atomic mass is 32.1. The van der Waals surface area contributed by atoms with Crippen LogP contribution in [0.2, 0.25) is 0 Å². The van der Waals surface area contributed by atoms with Gasteiger partial charge in [0.25, 0.3) is 0 Å². The number of nitrogens with zero attached hydrogens (tertiary/aromatic N) is 1. The summed E-state index contributed by atoms with van der Waals surface area (Å²) in [5, 5.41) is 0. The van der Waals surface area contributed by atoms with Gasteiger partial charge in [-0.05, 0) is 44.1 Å². The van der Waals surface area contributed by atoms with Gasteiger partial charge in [0, 0.05) is 17.0 Å². The van der Waals surface area contributed by atoms with Crippen LogP contribution in [-0.4, -0.2) is 23.0 Å². The second-order valence-electron chi connectivity index (χ2n) is 5.27. The topological polar surface area (TPSA) is 36.1 Å². The summed E-state index contributed by atoms with van der Waals surface area (Å²) in [6.07, 6.45) is 3.51. The quantitative estimate of drug-likeness (QED) is 0.943. The lowest BCUT2D eigenvalue weighted by atomic mass is 10.1. The van der Waals surface area contributed by atoms with Crippen molar-refractivity contribution in [2.24, 2.45) is 0 Å². The van der Waals surface area contributed by atoms with Gasteiger partial charge in [0.05, 0.1) is 5.69 Å². The van der Waals surface area contributed by atoms with Crippen LogP contribution < -0.4 is 4.87 Å². The first-order chi connectivity index (χ1) is 10.1. The Balaban J connectivity index is 1.95. The molecule has 112 valence electrons. The van der Waals surface area contributed by atoms with Gasteiger partial charge in [-0.2, -0.15) is 0 Å². The number of likely N-dealkylation sites (tertiary alicyclic amines) is 1. The first kappa shape index (κ1) is 14.4. The van der Waals surface area contributed by atoms with E-state index < -0.39 is 11.6 Å². The summed E-state index contributed by atoms with van der Waals surface area (Å²) < 4.78 is 27.3. The maximum atomic E-state index is 13.9. The van der Waals surface area contributed by atoms with E-state index in [1.165, 1.54) is 6.42 Å². The zero-order chi connectivity index (χ0) is 14.8. The number of piperidine rings is 1. The molecule has 2 aromatic rings. The number of aromatic amines is 1. The maximum absolute atomic E-state index is 13.9. The van der Waals surface area contributed by atoms with Crippen molar-refractivity contribution >= 4 is 11.3 Å². The van der Waals surface area contributed by atoms with Gasteiger partial charge in [-0.1, -0.05) is 17.8 Å². The Hall–Kier alpha value is -1.53. The van der Waals surface area contributed by atoms with E-state index >= 15 is 0 Å². The molecule has 3 nitrogen and oxygen atoms in total. The lowest BCUT2D eigenvalue weighted by molar-refractivity contribution is 0.223. The van der Waals surface area contributed by atoms with Crippen molar-refractivity contribution in [2.45, 2.75) is 25.8 Å². The van der Waals surface area contributed by atoms with Crippen molar-refractivity contribution in [1.29, 1.82) is 0 Å². The Morgan fingerprint density at radius 3 is 2.71 bits per heavy atom. The number of hydrogen-bond donors (Lipinski definition) is 1. The number of thiazole rings is 1. The molecule has 3 rings (SSSR count). The molecule has 1 N–H and O–H groups in total. The second-order valence-corrected chi connectivity index (χ2v) is 6.34. The van der Waals surface area contributed by atoms with Crippen LogP contribution in [0.5, 0.6) is 0 Å². The minimum Gasteiger partial charge on any atom is -0.312 e. The van der Waals surface area contributed by atoms with Gasteiger partial charge in [-0.3, -0.25) is 9.69 Å². The lowest BCUT2D eigenvalue weighted by Gasteiger charge is -2.26. The average molecular weight is 310 g/mol. The van der Waals surface area contributed by atoms with E-state index in [2.05, 4.69) is 9.88 Å². The van der Waals surface area contributed by atoms with Gasteiger partial charge < -0.3 is 4.98 Å². The molecule has 1 aromatic carbocycles. The molecule has 6 heteroatoms. The highest BCUT2D eigenvalue weighted by Crippen LogP contribution is 2.28. The van der Waals surface area contributed by atoms with Gasteiger partial charge in [0.15, 0.2) is 0 Å². The Morgan fingerprint density at radius 1 is 1.19 bits per heavy atom. The largest absolute Gasteiger partial charge is 0.312 e. The van der Waals surface area contributed by atoms with Gasteiger partial charge in [-0.15, -0.1) is 0 Å². The molecule has 1 fully saturated rings. The van der Waals surface area contributed by atoms with Crippen molar-refractivity contribution < 1.29 is 8.78 Å². The van der Waals surface area contributed by atoms with Crippen molar-refractivity contribution in [3.8, 4) is 11.3 Å². The number of aromatic nitrogens is 1. The standard InChI is InChI=1S/C15H16F2N2OS/c16-10-4-5-12(17)11(8-10)14-13(21-15(20)18-14)9-19-6-2-1-3-7-19/h4-5,8H,1-3,6-7,9H2,(H,18,20). The number of hydrogen-bond acceptors (Lipinski definition) is 3. The number of rotatable bonds is 3. The molecule has 0 bridgehead atoms. The summed E-state index contributed by atoms with van der Waals surface area (Å²) in [7, 11) is 0. The van der Waals surface area contributed by atoms with Crippen LogP contribution in [0.15, 0.2) is 23.0 Å². The SMILES string of the molecule is O=c1[nH]c(-c2cc(F)ccc2F)c(CN2CCCCC2)s1. The molecule has 21 heavy (non-hydrogen) atoms.